The summed E-state index contributed by atoms with van der Waals surface area (Å²) in [4.78, 5) is 8.79. The van der Waals surface area contributed by atoms with Crippen LogP contribution in [0.15, 0.2) is 5.16 Å². The summed E-state index contributed by atoms with van der Waals surface area (Å²) in [5, 5.41) is 14.1. The van der Waals surface area contributed by atoms with Gasteiger partial charge >= 0.3 is 0 Å². The molecule has 0 amide bonds. The van der Waals surface area contributed by atoms with Crippen molar-refractivity contribution in [2.24, 2.45) is 0 Å². The maximum absolute atomic E-state index is 4.72. The molecule has 1 unspecified atom stereocenters. The molecule has 8 heteroatoms. The Labute approximate surface area is 117 Å². The molecule has 4 heterocycles. The van der Waals surface area contributed by atoms with Gasteiger partial charge in [-0.1, -0.05) is 11.8 Å². The molecule has 0 aromatic carbocycles. The Bertz CT molecular complexity index is 776. The number of hydrogen-bond acceptors (Lipinski definition) is 6. The molecule has 0 spiro atoms. The van der Waals surface area contributed by atoms with Crippen LogP contribution >= 0.6 is 23.1 Å². The molecule has 19 heavy (non-hydrogen) atoms. The second-order valence-electron chi connectivity index (χ2n) is 4.83. The van der Waals surface area contributed by atoms with Gasteiger partial charge in [-0.2, -0.15) is 4.52 Å². The lowest BCUT2D eigenvalue weighted by Gasteiger charge is -2.19. The van der Waals surface area contributed by atoms with Gasteiger partial charge in [0.25, 0.3) is 0 Å². The molecule has 0 saturated carbocycles. The van der Waals surface area contributed by atoms with Gasteiger partial charge in [0.1, 0.15) is 11.4 Å². The topological polar surface area (TPSA) is 60.4 Å². The van der Waals surface area contributed by atoms with E-state index >= 15 is 0 Å². The third-order valence-corrected chi connectivity index (χ3v) is 5.35. The molecule has 1 N–H and O–H groups in total. The third-order valence-electron chi connectivity index (χ3n) is 3.59. The van der Waals surface area contributed by atoms with E-state index in [-0.39, 0.29) is 0 Å². The van der Waals surface area contributed by atoms with Crippen LogP contribution in [0.3, 0.4) is 0 Å². The molecule has 1 aliphatic rings. The number of thiophene rings is 1. The molecule has 98 valence electrons. The summed E-state index contributed by atoms with van der Waals surface area (Å²) in [5.74, 6) is 0. The van der Waals surface area contributed by atoms with Crippen LogP contribution in [0.25, 0.3) is 15.9 Å². The van der Waals surface area contributed by atoms with E-state index in [0.717, 1.165) is 40.5 Å². The summed E-state index contributed by atoms with van der Waals surface area (Å²) in [7, 11) is 2.24. The molecular weight excluding hydrogens is 280 g/mol. The van der Waals surface area contributed by atoms with Crippen LogP contribution in [0.5, 0.6) is 0 Å². The van der Waals surface area contributed by atoms with Crippen LogP contribution in [0.1, 0.15) is 10.4 Å². The lowest BCUT2D eigenvalue weighted by molar-refractivity contribution is -0.895. The van der Waals surface area contributed by atoms with Crippen molar-refractivity contribution in [3.05, 3.63) is 10.4 Å². The fraction of sp³-hybridized carbons (Fsp3) is 0.455. The Morgan fingerprint density at radius 1 is 1.42 bits per heavy atom. The fourth-order valence-electron chi connectivity index (χ4n) is 2.65. The van der Waals surface area contributed by atoms with Crippen molar-refractivity contribution in [2.45, 2.75) is 18.1 Å². The molecule has 3 aromatic heterocycles. The summed E-state index contributed by atoms with van der Waals surface area (Å²) in [5.41, 5.74) is 2.26. The molecule has 0 saturated heterocycles. The number of likely N-dealkylation sites (N-methyl/N-ethyl adjacent to an activating group) is 1. The molecule has 0 fully saturated rings. The van der Waals surface area contributed by atoms with Gasteiger partial charge in [0.05, 0.1) is 23.9 Å². The summed E-state index contributed by atoms with van der Waals surface area (Å²) in [6.07, 6.45) is 3.09. The number of fused-ring (bicyclic) bond motifs is 5. The number of tetrazole rings is 1. The Balaban J connectivity index is 2.11. The Morgan fingerprint density at radius 3 is 3.16 bits per heavy atom. The van der Waals surface area contributed by atoms with Crippen molar-refractivity contribution in [1.29, 1.82) is 0 Å². The van der Waals surface area contributed by atoms with Gasteiger partial charge < -0.3 is 4.90 Å². The van der Waals surface area contributed by atoms with Crippen LogP contribution in [0.2, 0.25) is 0 Å². The van der Waals surface area contributed by atoms with Crippen molar-refractivity contribution in [3.63, 3.8) is 0 Å². The lowest BCUT2D eigenvalue weighted by atomic mass is 10.1. The first-order chi connectivity index (χ1) is 9.28. The highest BCUT2D eigenvalue weighted by Crippen LogP contribution is 2.34. The summed E-state index contributed by atoms with van der Waals surface area (Å²) in [6, 6.07) is 0. The van der Waals surface area contributed by atoms with Crippen molar-refractivity contribution < 1.29 is 4.90 Å². The first-order valence-corrected chi connectivity index (χ1v) is 8.19. The van der Waals surface area contributed by atoms with Crippen LogP contribution in [-0.2, 0) is 13.0 Å². The van der Waals surface area contributed by atoms with Crippen LogP contribution in [0, 0.1) is 0 Å². The van der Waals surface area contributed by atoms with Crippen LogP contribution < -0.4 is 4.90 Å². The van der Waals surface area contributed by atoms with Gasteiger partial charge in [-0.25, -0.2) is 4.98 Å². The van der Waals surface area contributed by atoms with Crippen molar-refractivity contribution in [3.8, 4) is 0 Å². The number of aromatic nitrogens is 5. The Kier molecular flexibility index (Phi) is 2.51. The molecule has 1 aliphatic heterocycles. The highest BCUT2D eigenvalue weighted by atomic mass is 32.2. The molecule has 0 aliphatic carbocycles. The van der Waals surface area contributed by atoms with Crippen LogP contribution in [-0.4, -0.2) is 44.9 Å². The van der Waals surface area contributed by atoms with E-state index in [1.807, 2.05) is 6.26 Å². The predicted molar refractivity (Wildman–Crippen MR) is 74.9 cm³/mol. The second-order valence-corrected chi connectivity index (χ2v) is 6.69. The number of nitrogens with zero attached hydrogens (tertiary/aromatic N) is 5. The van der Waals surface area contributed by atoms with E-state index in [4.69, 9.17) is 4.98 Å². The average Bonchev–Trinajstić information content (AvgIpc) is 2.99. The third kappa shape index (κ3) is 1.60. The highest BCUT2D eigenvalue weighted by Gasteiger charge is 2.25. The monoisotopic (exact) mass is 293 g/mol. The second kappa shape index (κ2) is 4.12. The SMILES string of the molecule is CSc1nc2sc3c(c2c2nnnn12)CC[NH+](C)C3. The fourth-order valence-corrected chi connectivity index (χ4v) is 4.52. The van der Waals surface area contributed by atoms with Crippen molar-refractivity contribution in [2.75, 3.05) is 19.8 Å². The minimum Gasteiger partial charge on any atom is -0.333 e. The van der Waals surface area contributed by atoms with Gasteiger partial charge in [-0.15, -0.1) is 16.4 Å². The van der Waals surface area contributed by atoms with E-state index in [1.54, 1.807) is 32.5 Å². The zero-order chi connectivity index (χ0) is 13.0. The minimum atomic E-state index is 0.853. The van der Waals surface area contributed by atoms with E-state index in [2.05, 4.69) is 22.6 Å². The molecule has 6 nitrogen and oxygen atoms in total. The van der Waals surface area contributed by atoms with Crippen LogP contribution in [0.4, 0.5) is 0 Å². The standard InChI is InChI=1S/C11H12N6S2/c1-16-4-3-6-7(5-16)19-10-8(6)9-13-14-15-17(9)11(12-10)18-2/h3-5H2,1-2H3/p+1. The number of nitrogens with one attached hydrogen (secondary N) is 1. The van der Waals surface area contributed by atoms with Gasteiger partial charge in [-0.05, 0) is 22.2 Å². The van der Waals surface area contributed by atoms with E-state index in [1.165, 1.54) is 10.4 Å². The zero-order valence-corrected chi connectivity index (χ0v) is 12.3. The summed E-state index contributed by atoms with van der Waals surface area (Å²) >= 11 is 3.37. The maximum atomic E-state index is 4.72. The van der Waals surface area contributed by atoms with Crippen molar-refractivity contribution >= 4 is 39.0 Å². The quantitative estimate of drug-likeness (QED) is 0.506. The smallest absolute Gasteiger partial charge is 0.193 e. The minimum absolute atomic E-state index is 0.853. The van der Waals surface area contributed by atoms with Gasteiger partial charge in [-0.3, -0.25) is 0 Å². The number of thioether (sulfide) groups is 1. The van der Waals surface area contributed by atoms with Gasteiger partial charge in [0.15, 0.2) is 10.8 Å². The number of quaternary nitrogens is 1. The van der Waals surface area contributed by atoms with Gasteiger partial charge in [0.2, 0.25) is 0 Å². The number of hydrogen-bond donors (Lipinski definition) is 1. The van der Waals surface area contributed by atoms with E-state index in [0.29, 0.717) is 0 Å². The molecule has 4 rings (SSSR count). The molecule has 0 bridgehead atoms. The molecule has 1 atom stereocenters. The predicted octanol–water partition coefficient (Wildman–Crippen LogP) is 0.0267. The summed E-state index contributed by atoms with van der Waals surface area (Å²) in [6.45, 7) is 2.25. The Morgan fingerprint density at radius 2 is 2.32 bits per heavy atom. The largest absolute Gasteiger partial charge is 0.333 e. The Hall–Kier alpha value is -1.25. The van der Waals surface area contributed by atoms with E-state index in [9.17, 15) is 0 Å². The van der Waals surface area contributed by atoms with Gasteiger partial charge in [0, 0.05) is 6.42 Å². The lowest BCUT2D eigenvalue weighted by Crippen LogP contribution is -3.08. The molecule has 0 radical (unpaired) electrons. The molecule has 3 aromatic rings. The number of rotatable bonds is 1. The zero-order valence-electron chi connectivity index (χ0n) is 10.7. The van der Waals surface area contributed by atoms with Crippen molar-refractivity contribution in [1.82, 2.24) is 25.0 Å². The highest BCUT2D eigenvalue weighted by molar-refractivity contribution is 7.98. The van der Waals surface area contributed by atoms with E-state index < -0.39 is 0 Å². The first-order valence-electron chi connectivity index (χ1n) is 6.15. The molecular formula is C11H13N6S2+. The normalized spacial score (nSPS) is 19.2. The summed E-state index contributed by atoms with van der Waals surface area (Å²) < 4.78 is 1.76. The first kappa shape index (κ1) is 11.6. The average molecular weight is 293 g/mol. The maximum Gasteiger partial charge on any atom is 0.193 e.